The monoisotopic (exact) mass is 284 g/mol. The second-order valence-electron chi connectivity index (χ2n) is 5.17. The first-order valence-corrected chi connectivity index (χ1v) is 6.55. The van der Waals surface area contributed by atoms with Gasteiger partial charge in [0.15, 0.2) is 0 Å². The molecular formula is C15H21ClO3. The fraction of sp³-hybridized carbons (Fsp3) is 0.467. The van der Waals surface area contributed by atoms with E-state index in [0.29, 0.717) is 16.3 Å². The van der Waals surface area contributed by atoms with Gasteiger partial charge in [-0.3, -0.25) is 0 Å². The van der Waals surface area contributed by atoms with E-state index < -0.39 is 11.7 Å². The fourth-order valence-electron chi connectivity index (χ4n) is 1.49. The lowest BCUT2D eigenvalue weighted by Gasteiger charge is -2.23. The van der Waals surface area contributed by atoms with E-state index in [2.05, 4.69) is 0 Å². The van der Waals surface area contributed by atoms with E-state index in [1.54, 1.807) is 51.3 Å². The first kappa shape index (κ1) is 16.0. The highest BCUT2D eigenvalue weighted by Gasteiger charge is 2.19. The molecule has 19 heavy (non-hydrogen) atoms. The lowest BCUT2D eigenvalue weighted by molar-refractivity contribution is 0.0436. The van der Waals surface area contributed by atoms with Crippen LogP contribution in [0.1, 0.15) is 32.4 Å². The average Bonchev–Trinajstić information content (AvgIpc) is 2.34. The molecule has 0 aliphatic carbocycles. The Morgan fingerprint density at radius 3 is 2.42 bits per heavy atom. The summed E-state index contributed by atoms with van der Waals surface area (Å²) in [5, 5.41) is 20.3. The quantitative estimate of drug-likeness (QED) is 0.815. The molecule has 4 heteroatoms. The molecule has 2 unspecified atom stereocenters. The van der Waals surface area contributed by atoms with Gasteiger partial charge in [-0.05, 0) is 31.5 Å². The van der Waals surface area contributed by atoms with E-state index in [-0.39, 0.29) is 5.92 Å². The SMILES string of the molecule is COc1ccc(C(O)/C=C/C(C)C(C)(C)O)cc1Cl. The molecule has 0 fully saturated rings. The molecule has 2 N–H and O–H groups in total. The Labute approximate surface area is 119 Å². The Morgan fingerprint density at radius 2 is 1.95 bits per heavy atom. The zero-order valence-electron chi connectivity index (χ0n) is 11.7. The van der Waals surface area contributed by atoms with Crippen molar-refractivity contribution in [3.8, 4) is 5.75 Å². The molecule has 1 aromatic rings. The molecule has 1 rings (SSSR count). The number of ether oxygens (including phenoxy) is 1. The normalized spacial score (nSPS) is 15.5. The number of hydrogen-bond donors (Lipinski definition) is 2. The molecule has 0 aromatic heterocycles. The molecule has 0 aliphatic heterocycles. The van der Waals surface area contributed by atoms with Crippen LogP contribution in [0.5, 0.6) is 5.75 Å². The number of rotatable bonds is 5. The van der Waals surface area contributed by atoms with Gasteiger partial charge in [0.2, 0.25) is 0 Å². The molecule has 0 heterocycles. The van der Waals surface area contributed by atoms with Crippen LogP contribution in [0, 0.1) is 5.92 Å². The van der Waals surface area contributed by atoms with Crippen molar-refractivity contribution >= 4 is 11.6 Å². The molecule has 2 atom stereocenters. The number of benzene rings is 1. The lowest BCUT2D eigenvalue weighted by Crippen LogP contribution is -2.26. The van der Waals surface area contributed by atoms with Gasteiger partial charge in [0.05, 0.1) is 23.8 Å². The van der Waals surface area contributed by atoms with Crippen molar-refractivity contribution in [1.29, 1.82) is 0 Å². The molecule has 106 valence electrons. The maximum absolute atomic E-state index is 10.1. The van der Waals surface area contributed by atoms with Crippen LogP contribution >= 0.6 is 11.6 Å². The maximum atomic E-state index is 10.1. The fourth-order valence-corrected chi connectivity index (χ4v) is 1.75. The minimum absolute atomic E-state index is 0.0594. The molecule has 0 saturated heterocycles. The highest BCUT2D eigenvalue weighted by molar-refractivity contribution is 6.32. The Balaban J connectivity index is 2.81. The highest BCUT2D eigenvalue weighted by Crippen LogP contribution is 2.28. The third-order valence-electron chi connectivity index (χ3n) is 3.21. The van der Waals surface area contributed by atoms with Crippen LogP contribution < -0.4 is 4.74 Å². The van der Waals surface area contributed by atoms with Crippen molar-refractivity contribution in [3.63, 3.8) is 0 Å². The van der Waals surface area contributed by atoms with Crippen LogP contribution in [-0.2, 0) is 0 Å². The van der Waals surface area contributed by atoms with Gasteiger partial charge in [-0.15, -0.1) is 0 Å². The summed E-state index contributed by atoms with van der Waals surface area (Å²) in [7, 11) is 1.54. The van der Waals surface area contributed by atoms with Crippen molar-refractivity contribution in [2.45, 2.75) is 32.5 Å². The van der Waals surface area contributed by atoms with E-state index in [1.807, 2.05) is 6.92 Å². The minimum Gasteiger partial charge on any atom is -0.495 e. The molecule has 0 aliphatic rings. The summed E-state index contributed by atoms with van der Waals surface area (Å²) in [6.45, 7) is 5.36. The zero-order valence-corrected chi connectivity index (χ0v) is 12.5. The summed E-state index contributed by atoms with van der Waals surface area (Å²) in [6.07, 6.45) is 2.69. The molecular weight excluding hydrogens is 264 g/mol. The van der Waals surface area contributed by atoms with Crippen LogP contribution in [0.25, 0.3) is 0 Å². The van der Waals surface area contributed by atoms with Crippen molar-refractivity contribution in [1.82, 2.24) is 0 Å². The molecule has 3 nitrogen and oxygen atoms in total. The minimum atomic E-state index is -0.812. The molecule has 0 amide bonds. The van der Waals surface area contributed by atoms with E-state index in [4.69, 9.17) is 16.3 Å². The largest absolute Gasteiger partial charge is 0.495 e. The Kier molecular flexibility index (Phi) is 5.41. The molecule has 0 bridgehead atoms. The molecule has 1 aromatic carbocycles. The Morgan fingerprint density at radius 1 is 1.32 bits per heavy atom. The second-order valence-corrected chi connectivity index (χ2v) is 5.57. The van der Waals surface area contributed by atoms with Crippen LogP contribution in [0.15, 0.2) is 30.4 Å². The predicted octanol–water partition coefficient (Wildman–Crippen LogP) is 3.35. The average molecular weight is 285 g/mol. The van der Waals surface area contributed by atoms with Gasteiger partial charge in [0, 0.05) is 5.92 Å². The van der Waals surface area contributed by atoms with Crippen LogP contribution in [0.3, 0.4) is 0 Å². The van der Waals surface area contributed by atoms with Crippen LogP contribution in [-0.4, -0.2) is 22.9 Å². The second kappa shape index (κ2) is 6.42. The smallest absolute Gasteiger partial charge is 0.137 e. The molecule has 0 saturated carbocycles. The number of aliphatic hydroxyl groups excluding tert-OH is 1. The van der Waals surface area contributed by atoms with Gasteiger partial charge in [-0.2, -0.15) is 0 Å². The standard InChI is InChI=1S/C15H21ClO3/c1-10(15(2,3)18)5-7-13(17)11-6-8-14(19-4)12(16)9-11/h5-10,13,17-18H,1-4H3/b7-5+. The van der Waals surface area contributed by atoms with Crippen molar-refractivity contribution in [2.24, 2.45) is 5.92 Å². The summed E-state index contributed by atoms with van der Waals surface area (Å²) in [5.41, 5.74) is -0.127. The molecule has 0 radical (unpaired) electrons. The van der Waals surface area contributed by atoms with Gasteiger partial charge in [-0.25, -0.2) is 0 Å². The van der Waals surface area contributed by atoms with Crippen LogP contribution in [0.2, 0.25) is 5.02 Å². The van der Waals surface area contributed by atoms with E-state index in [0.717, 1.165) is 0 Å². The van der Waals surface area contributed by atoms with Crippen molar-refractivity contribution in [2.75, 3.05) is 7.11 Å². The number of halogens is 1. The predicted molar refractivity (Wildman–Crippen MR) is 77.6 cm³/mol. The first-order chi connectivity index (χ1) is 8.75. The summed E-state index contributed by atoms with van der Waals surface area (Å²) < 4.78 is 5.06. The van der Waals surface area contributed by atoms with E-state index in [1.165, 1.54) is 0 Å². The third kappa shape index (κ3) is 4.53. The van der Waals surface area contributed by atoms with E-state index >= 15 is 0 Å². The zero-order chi connectivity index (χ0) is 14.6. The summed E-state index contributed by atoms with van der Waals surface area (Å²) in [6, 6.07) is 5.15. The van der Waals surface area contributed by atoms with Gasteiger partial charge in [0.25, 0.3) is 0 Å². The Hall–Kier alpha value is -1.03. The summed E-state index contributed by atoms with van der Waals surface area (Å²) in [4.78, 5) is 0. The van der Waals surface area contributed by atoms with Crippen LogP contribution in [0.4, 0.5) is 0 Å². The first-order valence-electron chi connectivity index (χ1n) is 6.18. The summed E-state index contributed by atoms with van der Waals surface area (Å²) in [5.74, 6) is 0.516. The number of methoxy groups -OCH3 is 1. The Bertz CT molecular complexity index is 449. The summed E-state index contributed by atoms with van der Waals surface area (Å²) >= 11 is 6.01. The topological polar surface area (TPSA) is 49.7 Å². The van der Waals surface area contributed by atoms with E-state index in [9.17, 15) is 10.2 Å². The number of hydrogen-bond acceptors (Lipinski definition) is 3. The van der Waals surface area contributed by atoms with Gasteiger partial charge < -0.3 is 14.9 Å². The van der Waals surface area contributed by atoms with Crippen molar-refractivity contribution < 1.29 is 14.9 Å². The van der Waals surface area contributed by atoms with Gasteiger partial charge >= 0.3 is 0 Å². The van der Waals surface area contributed by atoms with Crippen molar-refractivity contribution in [3.05, 3.63) is 40.9 Å². The third-order valence-corrected chi connectivity index (χ3v) is 3.51. The van der Waals surface area contributed by atoms with Gasteiger partial charge in [-0.1, -0.05) is 36.7 Å². The van der Waals surface area contributed by atoms with Gasteiger partial charge in [0.1, 0.15) is 5.75 Å². The maximum Gasteiger partial charge on any atom is 0.137 e. The molecule has 0 spiro atoms. The highest BCUT2D eigenvalue weighted by atomic mass is 35.5. The number of aliphatic hydroxyl groups is 2. The lowest BCUT2D eigenvalue weighted by atomic mass is 9.92.